The minimum atomic E-state index is -3.69. The number of aryl methyl sites for hydroxylation is 1. The maximum atomic E-state index is 12.5. The minimum Gasteiger partial charge on any atom is -0.326 e. The van der Waals surface area contributed by atoms with Gasteiger partial charge >= 0.3 is 0 Å². The summed E-state index contributed by atoms with van der Waals surface area (Å²) < 4.78 is 29.2. The predicted molar refractivity (Wildman–Crippen MR) is 101 cm³/mol. The number of amides is 1. The van der Waals surface area contributed by atoms with Gasteiger partial charge in [-0.3, -0.25) is 14.5 Å². The average molecular weight is 385 g/mol. The molecule has 2 aromatic heterocycles. The van der Waals surface area contributed by atoms with E-state index in [4.69, 9.17) is 0 Å². The number of benzene rings is 1. The molecule has 3 aromatic rings. The van der Waals surface area contributed by atoms with E-state index in [2.05, 4.69) is 20.1 Å². The summed E-state index contributed by atoms with van der Waals surface area (Å²) in [5.41, 5.74) is 2.95. The van der Waals surface area contributed by atoms with Crippen LogP contribution in [0.25, 0.3) is 11.3 Å². The van der Waals surface area contributed by atoms with Crippen molar-refractivity contribution < 1.29 is 13.2 Å². The first-order chi connectivity index (χ1) is 12.8. The Balaban J connectivity index is 1.71. The lowest BCUT2D eigenvalue weighted by molar-refractivity contribution is -0.114. The number of hydrogen-bond donors (Lipinski definition) is 2. The van der Waals surface area contributed by atoms with Crippen LogP contribution in [0.5, 0.6) is 0 Å². The van der Waals surface area contributed by atoms with Gasteiger partial charge in [0.1, 0.15) is 0 Å². The van der Waals surface area contributed by atoms with Crippen molar-refractivity contribution in [1.82, 2.24) is 19.5 Å². The highest BCUT2D eigenvalue weighted by Gasteiger charge is 2.15. The molecule has 0 saturated heterocycles. The van der Waals surface area contributed by atoms with Crippen LogP contribution in [0.15, 0.2) is 59.8 Å². The first kappa shape index (κ1) is 18.7. The quantitative estimate of drug-likeness (QED) is 0.674. The lowest BCUT2D eigenvalue weighted by Gasteiger charge is -2.07. The van der Waals surface area contributed by atoms with Crippen molar-refractivity contribution in [2.24, 2.45) is 7.05 Å². The fraction of sp³-hybridized carbons (Fsp3) is 0.167. The molecule has 0 saturated carbocycles. The Labute approximate surface area is 157 Å². The highest BCUT2D eigenvalue weighted by atomic mass is 32.2. The molecular formula is C18H19N5O3S. The Hall–Kier alpha value is -3.04. The number of rotatable bonds is 6. The van der Waals surface area contributed by atoms with Gasteiger partial charge in [-0.2, -0.15) is 5.10 Å². The lowest BCUT2D eigenvalue weighted by atomic mass is 10.2. The van der Waals surface area contributed by atoms with Crippen molar-refractivity contribution in [3.05, 3.63) is 60.6 Å². The highest BCUT2D eigenvalue weighted by molar-refractivity contribution is 7.89. The zero-order chi connectivity index (χ0) is 19.4. The van der Waals surface area contributed by atoms with Gasteiger partial charge in [-0.15, -0.1) is 0 Å². The van der Waals surface area contributed by atoms with Crippen molar-refractivity contribution in [2.45, 2.75) is 18.4 Å². The molecule has 0 aliphatic carbocycles. The molecule has 2 N–H and O–H groups in total. The standard InChI is InChI=1S/C18H19N5O3S/c1-13(24)21-15-3-5-17(6-4-15)27(25,26)20-12-16-11-18(23(2)22-16)14-7-9-19-10-8-14/h3-11,20H,12H2,1-2H3,(H,21,24). The smallest absolute Gasteiger partial charge is 0.240 e. The predicted octanol–water partition coefficient (Wildman–Crippen LogP) is 1.92. The molecule has 0 aliphatic rings. The third-order valence-corrected chi connectivity index (χ3v) is 5.25. The van der Waals surface area contributed by atoms with Crippen LogP contribution >= 0.6 is 0 Å². The molecule has 0 aliphatic heterocycles. The number of pyridine rings is 1. The summed E-state index contributed by atoms with van der Waals surface area (Å²) in [5, 5.41) is 6.95. The Bertz CT molecular complexity index is 1040. The first-order valence-corrected chi connectivity index (χ1v) is 9.64. The van der Waals surface area contributed by atoms with E-state index in [0.29, 0.717) is 11.4 Å². The molecule has 9 heteroatoms. The molecule has 1 amide bonds. The maximum Gasteiger partial charge on any atom is 0.240 e. The molecule has 0 radical (unpaired) electrons. The van der Waals surface area contributed by atoms with Gasteiger partial charge in [-0.25, -0.2) is 13.1 Å². The Morgan fingerprint density at radius 3 is 2.41 bits per heavy atom. The van der Waals surface area contributed by atoms with Crippen LogP contribution in [0.3, 0.4) is 0 Å². The summed E-state index contributed by atoms with van der Waals surface area (Å²) in [4.78, 5) is 15.1. The molecule has 0 unspecified atom stereocenters. The second kappa shape index (κ2) is 7.68. The van der Waals surface area contributed by atoms with Gasteiger partial charge in [0.25, 0.3) is 0 Å². The maximum absolute atomic E-state index is 12.5. The highest BCUT2D eigenvalue weighted by Crippen LogP contribution is 2.19. The topological polar surface area (TPSA) is 106 Å². The van der Waals surface area contributed by atoms with E-state index in [9.17, 15) is 13.2 Å². The second-order valence-electron chi connectivity index (χ2n) is 5.91. The number of carbonyl (C=O) groups excluding carboxylic acids is 1. The number of sulfonamides is 1. The number of nitrogens with zero attached hydrogens (tertiary/aromatic N) is 3. The summed E-state index contributed by atoms with van der Waals surface area (Å²) in [6.45, 7) is 1.45. The van der Waals surface area contributed by atoms with E-state index in [-0.39, 0.29) is 17.3 Å². The fourth-order valence-corrected chi connectivity index (χ4v) is 3.58. The van der Waals surface area contributed by atoms with Crippen molar-refractivity contribution in [1.29, 1.82) is 0 Å². The van der Waals surface area contributed by atoms with Crippen molar-refractivity contribution in [3.8, 4) is 11.3 Å². The molecule has 0 spiro atoms. The fourth-order valence-electron chi connectivity index (χ4n) is 2.58. The van der Waals surface area contributed by atoms with Gasteiger partial charge in [0.05, 0.1) is 22.8 Å². The van der Waals surface area contributed by atoms with E-state index in [1.54, 1.807) is 24.1 Å². The summed E-state index contributed by atoms with van der Waals surface area (Å²) in [7, 11) is -1.89. The van der Waals surface area contributed by atoms with Gasteiger partial charge in [-0.05, 0) is 42.5 Å². The molecular weight excluding hydrogens is 366 g/mol. The van der Waals surface area contributed by atoms with E-state index in [0.717, 1.165) is 11.3 Å². The molecule has 140 valence electrons. The first-order valence-electron chi connectivity index (χ1n) is 8.16. The van der Waals surface area contributed by atoms with Crippen LogP contribution in [0, 0.1) is 0 Å². The third kappa shape index (κ3) is 4.57. The molecule has 1 aromatic carbocycles. The Morgan fingerprint density at radius 2 is 1.78 bits per heavy atom. The summed E-state index contributed by atoms with van der Waals surface area (Å²) in [6.07, 6.45) is 3.38. The molecule has 2 heterocycles. The van der Waals surface area contributed by atoms with Gasteiger partial charge in [0, 0.05) is 37.6 Å². The van der Waals surface area contributed by atoms with E-state index >= 15 is 0 Å². The number of anilines is 1. The number of hydrogen-bond acceptors (Lipinski definition) is 5. The Morgan fingerprint density at radius 1 is 1.11 bits per heavy atom. The molecule has 0 fully saturated rings. The van der Waals surface area contributed by atoms with E-state index in [1.807, 2.05) is 18.2 Å². The number of nitrogens with one attached hydrogen (secondary N) is 2. The van der Waals surface area contributed by atoms with Gasteiger partial charge in [0.15, 0.2) is 0 Å². The van der Waals surface area contributed by atoms with E-state index < -0.39 is 10.0 Å². The van der Waals surface area contributed by atoms with Crippen molar-refractivity contribution in [2.75, 3.05) is 5.32 Å². The van der Waals surface area contributed by atoms with Crippen LogP contribution in [0.1, 0.15) is 12.6 Å². The molecule has 27 heavy (non-hydrogen) atoms. The number of aromatic nitrogens is 3. The summed E-state index contributed by atoms with van der Waals surface area (Å²) in [5.74, 6) is -0.219. The minimum absolute atomic E-state index is 0.0642. The molecule has 3 rings (SSSR count). The zero-order valence-corrected chi connectivity index (χ0v) is 15.7. The van der Waals surface area contributed by atoms with Crippen LogP contribution in [0.2, 0.25) is 0 Å². The second-order valence-corrected chi connectivity index (χ2v) is 7.68. The van der Waals surface area contributed by atoms with E-state index in [1.165, 1.54) is 31.2 Å². The van der Waals surface area contributed by atoms with Crippen molar-refractivity contribution in [3.63, 3.8) is 0 Å². The largest absolute Gasteiger partial charge is 0.326 e. The third-order valence-electron chi connectivity index (χ3n) is 3.83. The number of carbonyl (C=O) groups is 1. The molecule has 0 atom stereocenters. The zero-order valence-electron chi connectivity index (χ0n) is 14.9. The van der Waals surface area contributed by atoms with Crippen LogP contribution in [-0.4, -0.2) is 29.1 Å². The van der Waals surface area contributed by atoms with Crippen LogP contribution in [0.4, 0.5) is 5.69 Å². The summed E-state index contributed by atoms with van der Waals surface area (Å²) in [6, 6.07) is 11.5. The van der Waals surface area contributed by atoms with Crippen molar-refractivity contribution >= 4 is 21.6 Å². The Kier molecular flexibility index (Phi) is 5.33. The average Bonchev–Trinajstić information content (AvgIpc) is 3.02. The SMILES string of the molecule is CC(=O)Nc1ccc(S(=O)(=O)NCc2cc(-c3ccncc3)n(C)n2)cc1. The lowest BCUT2D eigenvalue weighted by Crippen LogP contribution is -2.23. The van der Waals surface area contributed by atoms with Crippen LogP contribution in [-0.2, 0) is 28.4 Å². The normalized spacial score (nSPS) is 11.3. The molecule has 8 nitrogen and oxygen atoms in total. The summed E-state index contributed by atoms with van der Waals surface area (Å²) >= 11 is 0. The van der Waals surface area contributed by atoms with Gasteiger partial charge in [0.2, 0.25) is 15.9 Å². The van der Waals surface area contributed by atoms with Gasteiger partial charge in [-0.1, -0.05) is 0 Å². The molecule has 0 bridgehead atoms. The monoisotopic (exact) mass is 385 g/mol. The van der Waals surface area contributed by atoms with Gasteiger partial charge < -0.3 is 5.32 Å². The van der Waals surface area contributed by atoms with Crippen LogP contribution < -0.4 is 10.0 Å².